The maximum atomic E-state index is 2.61. The van der Waals surface area contributed by atoms with Gasteiger partial charge in [-0.05, 0) is 69.9 Å². The predicted molar refractivity (Wildman–Crippen MR) is 186 cm³/mol. The van der Waals surface area contributed by atoms with Crippen LogP contribution in [0.5, 0.6) is 0 Å². The van der Waals surface area contributed by atoms with E-state index < -0.39 is 8.07 Å². The predicted octanol–water partition coefficient (Wildman–Crippen LogP) is 10.7. The van der Waals surface area contributed by atoms with E-state index in [1.807, 2.05) is 0 Å². The molecule has 0 aliphatic heterocycles. The Hall–Kier alpha value is -2.38. The Bertz CT molecular complexity index is 1270. The molecule has 1 heteroatoms. The van der Waals surface area contributed by atoms with Gasteiger partial charge in [-0.25, -0.2) is 0 Å². The smallest absolute Gasteiger partial charge is 0.0642 e. The van der Waals surface area contributed by atoms with Gasteiger partial charge >= 0.3 is 0 Å². The van der Waals surface area contributed by atoms with Crippen molar-refractivity contribution in [1.29, 1.82) is 0 Å². The van der Waals surface area contributed by atoms with E-state index in [1.165, 1.54) is 57.8 Å². The first-order valence-electron chi connectivity index (χ1n) is 16.1. The van der Waals surface area contributed by atoms with Crippen molar-refractivity contribution in [2.75, 3.05) is 0 Å². The highest BCUT2D eigenvalue weighted by Gasteiger charge is 2.60. The fourth-order valence-corrected chi connectivity index (χ4v) is 11.9. The molecule has 0 spiro atoms. The number of hydrogen-bond donors (Lipinski definition) is 0. The Balaban J connectivity index is 1.42. The lowest BCUT2D eigenvalue weighted by Crippen LogP contribution is -2.48. The summed E-state index contributed by atoms with van der Waals surface area (Å²) in [7, 11) is -2.18. The van der Waals surface area contributed by atoms with Crippen molar-refractivity contribution in [1.82, 2.24) is 0 Å². The zero-order chi connectivity index (χ0) is 30.5. The Morgan fingerprint density at radius 3 is 1.28 bits per heavy atom. The SMILES string of the molecule is C[C]1[CH][C]2[C](C=C(C(C)C)C=CC2c2ccccc2)[C]1[Si](C)(C)[C]1[C](C)[CH][C]2[C]1C=C(C(C)C)C=CC2c1ccccc1. The second kappa shape index (κ2) is 12.2. The fraction of sp³-hybridized carbons (Fsp3) is 0.286. The molecule has 2 unspecified atom stereocenters. The molecule has 10 radical (unpaired) electrons. The normalized spacial score (nSPS) is 25.7. The third kappa shape index (κ3) is 5.65. The van der Waals surface area contributed by atoms with Crippen LogP contribution in [0.2, 0.25) is 13.1 Å². The molecule has 4 aliphatic rings. The molecule has 6 rings (SSSR count). The maximum absolute atomic E-state index is 2.61. The molecule has 4 aliphatic carbocycles. The summed E-state index contributed by atoms with van der Waals surface area (Å²) in [5, 5.41) is 0. The van der Waals surface area contributed by atoms with Crippen LogP contribution >= 0.6 is 0 Å². The summed E-state index contributed by atoms with van der Waals surface area (Å²) < 4.78 is 0. The molecule has 2 aromatic carbocycles. The van der Waals surface area contributed by atoms with Gasteiger partial charge in [-0.1, -0.05) is 152 Å². The van der Waals surface area contributed by atoms with Crippen LogP contribution < -0.4 is 0 Å². The van der Waals surface area contributed by atoms with Crippen molar-refractivity contribution < 1.29 is 0 Å². The van der Waals surface area contributed by atoms with E-state index in [2.05, 4.69) is 165 Å². The lowest BCUT2D eigenvalue weighted by Gasteiger charge is -2.44. The largest absolute Gasteiger partial charge is 0.0761 e. The molecular weight excluding hydrogens is 533 g/mol. The summed E-state index contributed by atoms with van der Waals surface area (Å²) in [6.45, 7) is 19.3. The number of fused-ring (bicyclic) bond motifs is 2. The van der Waals surface area contributed by atoms with Crippen LogP contribution in [0.1, 0.15) is 64.5 Å². The molecule has 2 aromatic rings. The van der Waals surface area contributed by atoms with Gasteiger partial charge in [0.15, 0.2) is 0 Å². The zero-order valence-corrected chi connectivity index (χ0v) is 28.2. The quantitative estimate of drug-likeness (QED) is 0.299. The Morgan fingerprint density at radius 2 is 0.930 bits per heavy atom. The second-order valence-corrected chi connectivity index (χ2v) is 18.1. The molecule has 2 saturated carbocycles. The summed E-state index contributed by atoms with van der Waals surface area (Å²) in [6, 6.07) is 22.1. The Morgan fingerprint density at radius 1 is 0.558 bits per heavy atom. The molecule has 0 aromatic heterocycles. The summed E-state index contributed by atoms with van der Waals surface area (Å²) in [5.74, 6) is 10.2. The first kappa shape index (κ1) is 30.6. The molecule has 0 amide bonds. The maximum Gasteiger partial charge on any atom is 0.0642 e. The average Bonchev–Trinajstić information content (AvgIpc) is 3.33. The second-order valence-electron chi connectivity index (χ2n) is 13.9. The number of rotatable bonds is 6. The van der Waals surface area contributed by atoms with Crippen molar-refractivity contribution in [3.63, 3.8) is 0 Å². The monoisotopic (exact) mass is 578 g/mol. The fourth-order valence-electron chi connectivity index (χ4n) is 7.76. The Kier molecular flexibility index (Phi) is 8.68. The number of allylic oxidation sites excluding steroid dienone is 8. The van der Waals surface area contributed by atoms with Gasteiger partial charge in [0.2, 0.25) is 0 Å². The lowest BCUT2D eigenvalue weighted by atomic mass is 9.80. The minimum Gasteiger partial charge on any atom is -0.0761 e. The third-order valence-corrected chi connectivity index (χ3v) is 13.7. The van der Waals surface area contributed by atoms with E-state index in [-0.39, 0.29) is 11.8 Å². The van der Waals surface area contributed by atoms with Crippen LogP contribution in [0.3, 0.4) is 0 Å². The van der Waals surface area contributed by atoms with Crippen LogP contribution in [-0.4, -0.2) is 8.07 Å². The molecule has 0 N–H and O–H groups in total. The van der Waals surface area contributed by atoms with Gasteiger partial charge in [-0.3, -0.25) is 0 Å². The molecule has 0 nitrogen and oxygen atoms in total. The molecule has 43 heavy (non-hydrogen) atoms. The van der Waals surface area contributed by atoms with Crippen LogP contribution in [0, 0.1) is 71.3 Å². The van der Waals surface area contributed by atoms with Crippen LogP contribution in [0.15, 0.2) is 108 Å². The number of benzene rings is 2. The van der Waals surface area contributed by atoms with Gasteiger partial charge in [0, 0.05) is 35.5 Å². The van der Waals surface area contributed by atoms with Crippen molar-refractivity contribution in [2.45, 2.75) is 66.5 Å². The Labute approximate surface area is 264 Å². The topological polar surface area (TPSA) is 0 Å². The van der Waals surface area contributed by atoms with E-state index in [9.17, 15) is 0 Å². The summed E-state index contributed by atoms with van der Waals surface area (Å²) in [4.78, 5) is 0. The minimum atomic E-state index is -2.18. The van der Waals surface area contributed by atoms with Gasteiger partial charge in [0.1, 0.15) is 0 Å². The summed E-state index contributed by atoms with van der Waals surface area (Å²) >= 11 is 0. The van der Waals surface area contributed by atoms with Gasteiger partial charge < -0.3 is 0 Å². The van der Waals surface area contributed by atoms with E-state index in [0.29, 0.717) is 11.8 Å². The van der Waals surface area contributed by atoms with E-state index in [4.69, 9.17) is 0 Å². The molecule has 0 heterocycles. The molecular formula is C42H46Si. The van der Waals surface area contributed by atoms with Gasteiger partial charge in [-0.2, -0.15) is 0 Å². The van der Waals surface area contributed by atoms with Gasteiger partial charge in [0.05, 0.1) is 8.07 Å². The highest BCUT2D eigenvalue weighted by Crippen LogP contribution is 2.65. The molecule has 0 saturated heterocycles. The molecule has 218 valence electrons. The van der Waals surface area contributed by atoms with E-state index in [0.717, 1.165) is 0 Å². The molecule has 2 atom stereocenters. The summed E-state index contributed by atoms with van der Waals surface area (Å²) in [5.41, 5.74) is 8.79. The highest BCUT2D eigenvalue weighted by molar-refractivity contribution is 6.90. The average molecular weight is 579 g/mol. The highest BCUT2D eigenvalue weighted by atomic mass is 28.3. The van der Waals surface area contributed by atoms with Crippen LogP contribution in [-0.2, 0) is 0 Å². The lowest BCUT2D eigenvalue weighted by molar-refractivity contribution is 0.788. The van der Waals surface area contributed by atoms with Crippen LogP contribution in [0.25, 0.3) is 0 Å². The van der Waals surface area contributed by atoms with Crippen molar-refractivity contribution in [3.8, 4) is 0 Å². The summed E-state index contributed by atoms with van der Waals surface area (Å²) in [6.07, 6.45) is 19.8. The first-order valence-corrected chi connectivity index (χ1v) is 19.1. The van der Waals surface area contributed by atoms with Gasteiger partial charge in [-0.15, -0.1) is 0 Å². The van der Waals surface area contributed by atoms with E-state index >= 15 is 0 Å². The molecule has 0 bridgehead atoms. The van der Waals surface area contributed by atoms with Crippen molar-refractivity contribution in [3.05, 3.63) is 179 Å². The van der Waals surface area contributed by atoms with E-state index in [1.54, 1.807) is 11.1 Å². The molecule has 2 fully saturated rings. The van der Waals surface area contributed by atoms with Gasteiger partial charge in [0.25, 0.3) is 0 Å². The van der Waals surface area contributed by atoms with Crippen molar-refractivity contribution >= 4 is 8.07 Å². The van der Waals surface area contributed by atoms with Crippen LogP contribution in [0.4, 0.5) is 0 Å². The minimum absolute atomic E-state index is 0.262. The standard InChI is InChI=1S/C42H46Si/c1-27(2)33-19-21-35(31-15-11-9-12-16-31)37-23-29(5)41(39(37)25-33)43(7,8)42-30(6)24-38-36(32-17-13-10-14-18-32)22-20-34(28(3)4)26-40(38)42/h9-28,35-36H,1-8H3. The third-order valence-electron chi connectivity index (χ3n) is 9.85. The number of hydrogen-bond acceptors (Lipinski definition) is 0. The first-order chi connectivity index (χ1) is 20.6. The van der Waals surface area contributed by atoms with Crippen molar-refractivity contribution in [2.24, 2.45) is 11.8 Å². The zero-order valence-electron chi connectivity index (χ0n) is 27.2.